The van der Waals surface area contributed by atoms with Gasteiger partial charge in [-0.25, -0.2) is 0 Å². The number of benzene rings is 6. The molecule has 1 aliphatic rings. The topological polar surface area (TPSA) is 51.1 Å². The summed E-state index contributed by atoms with van der Waals surface area (Å²) in [4.78, 5) is 0. The Hall–Kier alpha value is -5.34. The molecule has 1 saturated heterocycles. The Morgan fingerprint density at radius 3 is 1.51 bits per heavy atom. The first-order valence-corrected chi connectivity index (χ1v) is 20.1. The molecule has 6 heteroatoms. The highest BCUT2D eigenvalue weighted by molar-refractivity contribution is 5.84. The number of nitrogens with zero attached hydrogens (tertiary/aromatic N) is 1. The van der Waals surface area contributed by atoms with Crippen LogP contribution in [0.1, 0.15) is 52.1 Å². The highest BCUT2D eigenvalue weighted by Crippen LogP contribution is 2.39. The molecule has 8 rings (SSSR count). The van der Waals surface area contributed by atoms with E-state index in [-0.39, 0.29) is 0 Å². The number of ether oxygens (including phenoxy) is 5. The van der Waals surface area contributed by atoms with Gasteiger partial charge in [0, 0.05) is 11.6 Å². The number of fused-ring (bicyclic) bond motifs is 1. The summed E-state index contributed by atoms with van der Waals surface area (Å²) >= 11 is 0. The normalized spacial score (nSPS) is 19.5. The van der Waals surface area contributed by atoms with Crippen LogP contribution < -0.4 is 0 Å². The van der Waals surface area contributed by atoms with Gasteiger partial charge in [-0.1, -0.05) is 171 Å². The number of aryl methyl sites for hydroxylation is 1. The van der Waals surface area contributed by atoms with E-state index in [0.717, 1.165) is 40.6 Å². The summed E-state index contributed by atoms with van der Waals surface area (Å²) in [5.74, 6) is 0. The maximum absolute atomic E-state index is 7.30. The monoisotopic (exact) mass is 757 g/mol. The standard InChI is InChI=1S/C51H51NO5/c1-2-38-27-29-39(30-28-38)31-44-32-52(46-26-16-15-25-45(44)46)51-50(56-36-43-23-13-6-14-24-43)49(55-35-42-21-11-5-12-22-42)48(54-34-41-19-9-4-10-20-41)47(57-51)37-53-33-40-17-7-3-8-18-40/h3-30,32,47-51H,2,31,33-37H2,1H3/t47?,48-,49?,50-,51?/m1/s1. The third kappa shape index (κ3) is 9.80. The van der Waals surface area contributed by atoms with Crippen molar-refractivity contribution in [3.05, 3.63) is 215 Å². The van der Waals surface area contributed by atoms with Crippen molar-refractivity contribution in [2.45, 2.75) is 76.8 Å². The van der Waals surface area contributed by atoms with Crippen molar-refractivity contribution in [1.29, 1.82) is 0 Å². The summed E-state index contributed by atoms with van der Waals surface area (Å²) in [7, 11) is 0. The molecule has 0 spiro atoms. The molecule has 57 heavy (non-hydrogen) atoms. The number of para-hydroxylation sites is 1. The van der Waals surface area contributed by atoms with E-state index in [1.807, 2.05) is 72.8 Å². The van der Waals surface area contributed by atoms with Gasteiger partial charge in [0.2, 0.25) is 0 Å². The molecule has 2 heterocycles. The molecule has 1 fully saturated rings. The molecule has 1 aromatic heterocycles. The van der Waals surface area contributed by atoms with Crippen molar-refractivity contribution in [2.75, 3.05) is 6.61 Å². The van der Waals surface area contributed by atoms with Crippen LogP contribution in [0.2, 0.25) is 0 Å². The van der Waals surface area contributed by atoms with Gasteiger partial charge in [0.15, 0.2) is 6.23 Å². The van der Waals surface area contributed by atoms with E-state index >= 15 is 0 Å². The van der Waals surface area contributed by atoms with E-state index in [4.69, 9.17) is 23.7 Å². The largest absolute Gasteiger partial charge is 0.374 e. The first-order valence-electron chi connectivity index (χ1n) is 20.1. The quantitative estimate of drug-likeness (QED) is 0.0926. The van der Waals surface area contributed by atoms with Gasteiger partial charge < -0.3 is 28.3 Å². The average Bonchev–Trinajstić information content (AvgIpc) is 3.64. The molecule has 0 bridgehead atoms. The van der Waals surface area contributed by atoms with Crippen LogP contribution in [0.5, 0.6) is 0 Å². The Balaban J connectivity index is 1.20. The molecular weight excluding hydrogens is 707 g/mol. The lowest BCUT2D eigenvalue weighted by Crippen LogP contribution is -2.59. The zero-order valence-electron chi connectivity index (χ0n) is 32.6. The van der Waals surface area contributed by atoms with Crippen LogP contribution in [0, 0.1) is 0 Å². The zero-order valence-corrected chi connectivity index (χ0v) is 32.6. The summed E-state index contributed by atoms with van der Waals surface area (Å²) in [6.45, 7) is 4.10. The molecular formula is C51H51NO5. The molecule has 0 radical (unpaired) electrons. The third-order valence-electron chi connectivity index (χ3n) is 10.8. The third-order valence-corrected chi connectivity index (χ3v) is 10.8. The van der Waals surface area contributed by atoms with Crippen LogP contribution in [0.4, 0.5) is 0 Å². The van der Waals surface area contributed by atoms with E-state index in [0.29, 0.717) is 33.0 Å². The predicted octanol–water partition coefficient (Wildman–Crippen LogP) is 10.7. The van der Waals surface area contributed by atoms with Crippen LogP contribution >= 0.6 is 0 Å². The Bertz CT molecular complexity index is 2240. The molecule has 6 nitrogen and oxygen atoms in total. The van der Waals surface area contributed by atoms with Crippen molar-refractivity contribution in [3.8, 4) is 0 Å². The molecule has 0 aliphatic carbocycles. The molecule has 3 unspecified atom stereocenters. The predicted molar refractivity (Wildman–Crippen MR) is 226 cm³/mol. The minimum atomic E-state index is -0.558. The smallest absolute Gasteiger partial charge is 0.163 e. The van der Waals surface area contributed by atoms with Crippen LogP contribution in [-0.4, -0.2) is 35.6 Å². The molecule has 0 N–H and O–H groups in total. The Morgan fingerprint density at radius 1 is 0.474 bits per heavy atom. The summed E-state index contributed by atoms with van der Waals surface area (Å²) in [5.41, 5.74) is 9.21. The second-order valence-corrected chi connectivity index (χ2v) is 14.8. The first-order chi connectivity index (χ1) is 28.2. The summed E-state index contributed by atoms with van der Waals surface area (Å²) in [6, 6.07) is 58.7. The molecule has 1 aliphatic heterocycles. The summed E-state index contributed by atoms with van der Waals surface area (Å²) in [6.07, 6.45) is 1.44. The SMILES string of the molecule is CCc1ccc(Cc2cn(C3OC(COCc4ccccc4)[C@@H](OCc4ccccc4)C(OCc4ccccc4)[C@H]3OCc3ccccc3)c3ccccc23)cc1. The lowest BCUT2D eigenvalue weighted by Gasteiger charge is -2.46. The van der Waals surface area contributed by atoms with E-state index in [2.05, 4.69) is 115 Å². The number of rotatable bonds is 17. The van der Waals surface area contributed by atoms with Crippen LogP contribution in [0.25, 0.3) is 10.9 Å². The fourth-order valence-corrected chi connectivity index (χ4v) is 7.73. The van der Waals surface area contributed by atoms with Crippen LogP contribution in [0.15, 0.2) is 176 Å². The maximum Gasteiger partial charge on any atom is 0.163 e. The van der Waals surface area contributed by atoms with Gasteiger partial charge in [-0.3, -0.25) is 0 Å². The molecule has 7 aromatic rings. The van der Waals surface area contributed by atoms with Crippen LogP contribution in [-0.2, 0) is 63.0 Å². The van der Waals surface area contributed by atoms with Crippen LogP contribution in [0.3, 0.4) is 0 Å². The highest BCUT2D eigenvalue weighted by atomic mass is 16.6. The van der Waals surface area contributed by atoms with Gasteiger partial charge in [-0.15, -0.1) is 0 Å². The first kappa shape index (κ1) is 38.5. The van der Waals surface area contributed by atoms with E-state index in [1.54, 1.807) is 0 Å². The van der Waals surface area contributed by atoms with Crippen molar-refractivity contribution < 1.29 is 23.7 Å². The van der Waals surface area contributed by atoms with E-state index in [1.165, 1.54) is 22.1 Å². The van der Waals surface area contributed by atoms with Gasteiger partial charge in [0.05, 0.1) is 38.6 Å². The zero-order chi connectivity index (χ0) is 38.7. The fourth-order valence-electron chi connectivity index (χ4n) is 7.73. The van der Waals surface area contributed by atoms with Gasteiger partial charge >= 0.3 is 0 Å². The van der Waals surface area contributed by atoms with Crippen molar-refractivity contribution >= 4 is 10.9 Å². The lowest BCUT2D eigenvalue weighted by molar-refractivity contribution is -0.289. The Labute approximate surface area is 336 Å². The minimum absolute atomic E-state index is 0.303. The second-order valence-electron chi connectivity index (χ2n) is 14.8. The highest BCUT2D eigenvalue weighted by Gasteiger charge is 2.49. The minimum Gasteiger partial charge on any atom is -0.374 e. The van der Waals surface area contributed by atoms with Gasteiger partial charge in [0.1, 0.15) is 24.4 Å². The number of hydrogen-bond acceptors (Lipinski definition) is 5. The van der Waals surface area contributed by atoms with Crippen molar-refractivity contribution in [1.82, 2.24) is 4.57 Å². The number of aromatic nitrogens is 1. The summed E-state index contributed by atoms with van der Waals surface area (Å²) < 4.78 is 37.1. The molecule has 6 aromatic carbocycles. The average molecular weight is 758 g/mol. The van der Waals surface area contributed by atoms with E-state index in [9.17, 15) is 0 Å². The maximum atomic E-state index is 7.30. The molecule has 0 amide bonds. The molecule has 5 atom stereocenters. The Kier molecular flexibility index (Phi) is 13.0. The van der Waals surface area contributed by atoms with Crippen molar-refractivity contribution in [3.63, 3.8) is 0 Å². The lowest BCUT2D eigenvalue weighted by atomic mass is 9.96. The van der Waals surface area contributed by atoms with Gasteiger partial charge in [-0.05, 0) is 57.9 Å². The number of hydrogen-bond donors (Lipinski definition) is 0. The molecule has 0 saturated carbocycles. The van der Waals surface area contributed by atoms with E-state index < -0.39 is 30.6 Å². The fraction of sp³-hybridized carbons (Fsp3) is 0.255. The molecule has 290 valence electrons. The summed E-state index contributed by atoms with van der Waals surface area (Å²) in [5, 5.41) is 1.18. The second kappa shape index (κ2) is 19.2. The van der Waals surface area contributed by atoms with Gasteiger partial charge in [-0.2, -0.15) is 0 Å². The van der Waals surface area contributed by atoms with Crippen molar-refractivity contribution in [2.24, 2.45) is 0 Å². The Morgan fingerprint density at radius 2 is 0.947 bits per heavy atom. The van der Waals surface area contributed by atoms with Gasteiger partial charge in [0.25, 0.3) is 0 Å².